The average molecular weight is 1560 g/mol. The fourth-order valence-corrected chi connectivity index (χ4v) is 15.4. The molecule has 3 N–H and O–H groups in total. The van der Waals surface area contributed by atoms with Crippen LogP contribution in [0.25, 0.3) is 0 Å². The number of esters is 4. The van der Waals surface area contributed by atoms with Crippen molar-refractivity contribution in [2.24, 2.45) is 11.8 Å². The van der Waals surface area contributed by atoms with Crippen molar-refractivity contribution in [2.45, 2.75) is 490 Å². The number of unbranched alkanes of at least 4 members (excludes halogenated alkanes) is 57. The third-order valence-corrected chi connectivity index (χ3v) is 22.6. The van der Waals surface area contributed by atoms with Crippen molar-refractivity contribution in [1.82, 2.24) is 0 Å². The predicted octanol–water partition coefficient (Wildman–Crippen LogP) is 27.0. The van der Waals surface area contributed by atoms with E-state index in [1.807, 2.05) is 0 Å². The lowest BCUT2D eigenvalue weighted by molar-refractivity contribution is -0.161. The zero-order valence-corrected chi connectivity index (χ0v) is 72.2. The fraction of sp³-hybridized carbons (Fsp3) is 0.955. The summed E-state index contributed by atoms with van der Waals surface area (Å²) in [7, 11) is -9.93. The zero-order chi connectivity index (χ0) is 78.5. The maximum Gasteiger partial charge on any atom is 0.472 e. The number of hydrogen-bond acceptors (Lipinski definition) is 15. The molecule has 636 valence electrons. The van der Waals surface area contributed by atoms with Crippen molar-refractivity contribution in [1.29, 1.82) is 0 Å². The summed E-state index contributed by atoms with van der Waals surface area (Å²) >= 11 is 0. The Balaban J connectivity index is 5.26. The molecule has 17 nitrogen and oxygen atoms in total. The van der Waals surface area contributed by atoms with Gasteiger partial charge in [0.15, 0.2) is 12.2 Å². The second kappa shape index (κ2) is 79.3. The van der Waals surface area contributed by atoms with E-state index in [-0.39, 0.29) is 25.7 Å². The van der Waals surface area contributed by atoms with Crippen LogP contribution < -0.4 is 0 Å². The van der Waals surface area contributed by atoms with E-state index in [1.54, 1.807) is 0 Å². The highest BCUT2D eigenvalue weighted by Gasteiger charge is 2.30. The molecule has 0 radical (unpaired) electrons. The molecular formula is C88H172O17P2. The van der Waals surface area contributed by atoms with Gasteiger partial charge >= 0.3 is 39.5 Å². The molecule has 5 atom stereocenters. The van der Waals surface area contributed by atoms with Crippen molar-refractivity contribution >= 4 is 39.5 Å². The van der Waals surface area contributed by atoms with Gasteiger partial charge < -0.3 is 33.8 Å². The summed E-state index contributed by atoms with van der Waals surface area (Å²) < 4.78 is 69.0. The molecule has 0 rings (SSSR count). The van der Waals surface area contributed by atoms with Gasteiger partial charge in [-0.1, -0.05) is 420 Å². The molecule has 0 fully saturated rings. The summed E-state index contributed by atoms with van der Waals surface area (Å²) in [6.45, 7) is 9.74. The Morgan fingerprint density at radius 1 is 0.252 bits per heavy atom. The summed E-state index contributed by atoms with van der Waals surface area (Å²) in [5.41, 5.74) is 0. The first kappa shape index (κ1) is 105. The molecular weight excluding hydrogens is 1390 g/mol. The average Bonchev–Trinajstić information content (AvgIpc) is 0.920. The third kappa shape index (κ3) is 81.9. The van der Waals surface area contributed by atoms with Crippen LogP contribution >= 0.6 is 15.6 Å². The standard InChI is InChI=1S/C88H172O17P2/c1-7-9-11-13-15-17-19-21-22-23-24-25-29-35-41-47-53-59-65-71-86(91)99-77-84(104-87(92)72-66-60-54-48-42-36-30-27-26-28-33-38-44-50-56-62-68-80(3)4)79-103-107(96,97)101-75-82(89)74-100-106(94,95)102-78-83(76-98-85(90)70-64-58-52-46-40-32-20-18-16-14-12-10-8-2)105-88(93)73-67-61-55-49-43-37-31-34-39-45-51-57-63-69-81(5)6/h80-84,89H,7-79H2,1-6H3,(H,94,95)(H,96,97)/t82-,83+,84+/m0/s1. The quantitative estimate of drug-likeness (QED) is 0.0222. The number of phosphoric ester groups is 2. The van der Waals surface area contributed by atoms with E-state index in [4.69, 9.17) is 37.0 Å². The van der Waals surface area contributed by atoms with Gasteiger partial charge in [-0.25, -0.2) is 9.13 Å². The van der Waals surface area contributed by atoms with Gasteiger partial charge in [0.05, 0.1) is 26.4 Å². The molecule has 0 aromatic heterocycles. The van der Waals surface area contributed by atoms with E-state index in [1.165, 1.54) is 289 Å². The number of rotatable bonds is 87. The highest BCUT2D eigenvalue weighted by Crippen LogP contribution is 2.45. The van der Waals surface area contributed by atoms with E-state index >= 15 is 0 Å². The SMILES string of the molecule is CCCCCCCCCCCCCCCCCCCCCC(=O)OC[C@H](COP(=O)(O)OC[C@@H](O)COP(=O)(O)OC[C@@H](COC(=O)CCCCCCCCCCCCCCC)OC(=O)CCCCCCCCCCCCCCCC(C)C)OC(=O)CCCCCCCCCCCCCCCCCCC(C)C. The first-order valence-corrected chi connectivity index (χ1v) is 48.5. The maximum atomic E-state index is 13.2. The Bertz CT molecular complexity index is 2050. The molecule has 0 aliphatic rings. The van der Waals surface area contributed by atoms with Gasteiger partial charge in [-0.15, -0.1) is 0 Å². The van der Waals surface area contributed by atoms with Crippen molar-refractivity contribution in [3.05, 3.63) is 0 Å². The maximum absolute atomic E-state index is 13.2. The smallest absolute Gasteiger partial charge is 0.462 e. The van der Waals surface area contributed by atoms with Crippen molar-refractivity contribution in [3.63, 3.8) is 0 Å². The summed E-state index contributed by atoms with van der Waals surface area (Å²) in [6, 6.07) is 0. The summed E-state index contributed by atoms with van der Waals surface area (Å²) in [5.74, 6) is -0.501. The highest BCUT2D eigenvalue weighted by atomic mass is 31.2. The van der Waals surface area contributed by atoms with Crippen LogP contribution in [0.15, 0.2) is 0 Å². The molecule has 0 aliphatic carbocycles. The van der Waals surface area contributed by atoms with Gasteiger partial charge in [0.1, 0.15) is 19.3 Å². The Morgan fingerprint density at radius 2 is 0.430 bits per heavy atom. The molecule has 0 aromatic rings. The molecule has 0 saturated heterocycles. The van der Waals surface area contributed by atoms with E-state index in [0.29, 0.717) is 25.7 Å². The summed E-state index contributed by atoms with van der Waals surface area (Å²) in [4.78, 5) is 73.3. The van der Waals surface area contributed by atoms with Crippen LogP contribution in [-0.2, 0) is 65.4 Å². The van der Waals surface area contributed by atoms with Gasteiger partial charge in [0.2, 0.25) is 0 Å². The number of aliphatic hydroxyl groups excluding tert-OH is 1. The van der Waals surface area contributed by atoms with E-state index < -0.39 is 97.5 Å². The number of carbonyl (C=O) groups excluding carboxylic acids is 4. The molecule has 0 aromatic carbocycles. The first-order valence-electron chi connectivity index (χ1n) is 45.5. The van der Waals surface area contributed by atoms with Crippen molar-refractivity contribution in [2.75, 3.05) is 39.6 Å². The normalized spacial score (nSPS) is 13.8. The number of ether oxygens (including phenoxy) is 4. The Labute approximate surface area is 658 Å². The Hall–Kier alpha value is -1.94. The highest BCUT2D eigenvalue weighted by molar-refractivity contribution is 7.47. The number of hydrogen-bond donors (Lipinski definition) is 3. The van der Waals surface area contributed by atoms with Crippen LogP contribution in [0.3, 0.4) is 0 Å². The fourth-order valence-electron chi connectivity index (χ4n) is 13.8. The lowest BCUT2D eigenvalue weighted by Crippen LogP contribution is -2.30. The molecule has 2 unspecified atom stereocenters. The van der Waals surface area contributed by atoms with Gasteiger partial charge in [0.25, 0.3) is 0 Å². The Morgan fingerprint density at radius 3 is 0.636 bits per heavy atom. The van der Waals surface area contributed by atoms with E-state index in [0.717, 1.165) is 102 Å². The van der Waals surface area contributed by atoms with Gasteiger partial charge in [-0.05, 0) is 37.5 Å². The second-order valence-electron chi connectivity index (χ2n) is 32.6. The largest absolute Gasteiger partial charge is 0.472 e. The molecule has 0 bridgehead atoms. The second-order valence-corrected chi connectivity index (χ2v) is 35.5. The minimum absolute atomic E-state index is 0.108. The first-order chi connectivity index (χ1) is 51.9. The number of aliphatic hydroxyl groups is 1. The van der Waals surface area contributed by atoms with Gasteiger partial charge in [-0.3, -0.25) is 37.3 Å². The monoisotopic (exact) mass is 1560 g/mol. The summed E-state index contributed by atoms with van der Waals surface area (Å²) in [5, 5.41) is 10.7. The minimum atomic E-state index is -4.97. The van der Waals surface area contributed by atoms with Crippen LogP contribution in [0, 0.1) is 11.8 Å². The van der Waals surface area contributed by atoms with Crippen molar-refractivity contribution < 1.29 is 80.2 Å². The topological polar surface area (TPSA) is 237 Å². The molecule has 107 heavy (non-hydrogen) atoms. The summed E-state index contributed by atoms with van der Waals surface area (Å²) in [6.07, 6.45) is 72.1. The Kier molecular flexibility index (Phi) is 77.9. The molecule has 0 saturated carbocycles. The van der Waals surface area contributed by atoms with Gasteiger partial charge in [-0.2, -0.15) is 0 Å². The lowest BCUT2D eigenvalue weighted by Gasteiger charge is -2.21. The van der Waals surface area contributed by atoms with E-state index in [2.05, 4.69) is 41.5 Å². The van der Waals surface area contributed by atoms with Crippen LogP contribution in [0.5, 0.6) is 0 Å². The molecule has 0 spiro atoms. The zero-order valence-electron chi connectivity index (χ0n) is 70.5. The molecule has 0 heterocycles. The number of phosphoric acid groups is 2. The third-order valence-electron chi connectivity index (χ3n) is 20.7. The number of carbonyl (C=O) groups is 4. The van der Waals surface area contributed by atoms with Crippen molar-refractivity contribution in [3.8, 4) is 0 Å². The minimum Gasteiger partial charge on any atom is -0.462 e. The van der Waals surface area contributed by atoms with Crippen LogP contribution in [0.2, 0.25) is 0 Å². The van der Waals surface area contributed by atoms with Crippen LogP contribution in [-0.4, -0.2) is 96.7 Å². The van der Waals surface area contributed by atoms with Gasteiger partial charge in [0, 0.05) is 25.7 Å². The molecule has 19 heteroatoms. The van der Waals surface area contributed by atoms with Crippen LogP contribution in [0.4, 0.5) is 0 Å². The molecule has 0 amide bonds. The van der Waals surface area contributed by atoms with E-state index in [9.17, 15) is 43.2 Å². The predicted molar refractivity (Wildman–Crippen MR) is 442 cm³/mol. The van der Waals surface area contributed by atoms with Crippen LogP contribution in [0.1, 0.15) is 472 Å². The molecule has 0 aliphatic heterocycles. The lowest BCUT2D eigenvalue weighted by atomic mass is 10.0.